The second-order valence-electron chi connectivity index (χ2n) is 6.67. The fourth-order valence-corrected chi connectivity index (χ4v) is 3.35. The standard InChI is InChI=1S/C20H24N4O4/c1-2-28-17-6-3-15(4-7-17)14-22-9-11-23(12-10-22)18-8-5-16(20(21)25)13-19(18)24(26)27/h3-8,13H,2,9-12,14H2,1H3,(H2,21,25). The summed E-state index contributed by atoms with van der Waals surface area (Å²) in [6.45, 7) is 6.36. The van der Waals surface area contributed by atoms with Crippen molar-refractivity contribution in [1.82, 2.24) is 4.90 Å². The van der Waals surface area contributed by atoms with Crippen LogP contribution in [-0.2, 0) is 6.54 Å². The van der Waals surface area contributed by atoms with Crippen molar-refractivity contribution < 1.29 is 14.5 Å². The number of nitro groups is 1. The molecule has 1 heterocycles. The van der Waals surface area contributed by atoms with Crippen LogP contribution in [0.4, 0.5) is 11.4 Å². The molecule has 0 aromatic heterocycles. The van der Waals surface area contributed by atoms with Crippen LogP contribution in [0.15, 0.2) is 42.5 Å². The summed E-state index contributed by atoms with van der Waals surface area (Å²) < 4.78 is 5.46. The third-order valence-corrected chi connectivity index (χ3v) is 4.81. The van der Waals surface area contributed by atoms with Gasteiger partial charge < -0.3 is 15.4 Å². The largest absolute Gasteiger partial charge is 0.494 e. The number of nitrogens with zero attached hydrogens (tertiary/aromatic N) is 3. The maximum Gasteiger partial charge on any atom is 0.293 e. The third kappa shape index (κ3) is 4.58. The van der Waals surface area contributed by atoms with Crippen LogP contribution in [0.25, 0.3) is 0 Å². The summed E-state index contributed by atoms with van der Waals surface area (Å²) in [5.74, 6) is 0.192. The number of carbonyl (C=O) groups is 1. The lowest BCUT2D eigenvalue weighted by Crippen LogP contribution is -2.46. The first kappa shape index (κ1) is 19.6. The molecular formula is C20H24N4O4. The first-order valence-electron chi connectivity index (χ1n) is 9.25. The summed E-state index contributed by atoms with van der Waals surface area (Å²) in [5.41, 5.74) is 7.02. The molecule has 1 aliphatic rings. The number of carbonyl (C=O) groups excluding carboxylic acids is 1. The monoisotopic (exact) mass is 384 g/mol. The van der Waals surface area contributed by atoms with Crippen molar-refractivity contribution in [2.24, 2.45) is 5.73 Å². The Morgan fingerprint density at radius 2 is 1.82 bits per heavy atom. The Balaban J connectivity index is 1.63. The van der Waals surface area contributed by atoms with Crippen LogP contribution in [0.1, 0.15) is 22.8 Å². The van der Waals surface area contributed by atoms with Crippen LogP contribution in [0, 0.1) is 10.1 Å². The molecule has 0 spiro atoms. The van der Waals surface area contributed by atoms with Gasteiger partial charge in [0.05, 0.1) is 11.5 Å². The predicted molar refractivity (Wildman–Crippen MR) is 107 cm³/mol. The van der Waals surface area contributed by atoms with E-state index in [4.69, 9.17) is 10.5 Å². The molecule has 8 heteroatoms. The van der Waals surface area contributed by atoms with E-state index in [9.17, 15) is 14.9 Å². The molecule has 1 aliphatic heterocycles. The van der Waals surface area contributed by atoms with Crippen LogP contribution in [-0.4, -0.2) is 48.5 Å². The van der Waals surface area contributed by atoms with E-state index in [1.54, 1.807) is 6.07 Å². The molecule has 2 N–H and O–H groups in total. The number of nitrogens with two attached hydrogens (primary N) is 1. The topological polar surface area (TPSA) is 102 Å². The zero-order chi connectivity index (χ0) is 20.1. The van der Waals surface area contributed by atoms with Crippen molar-refractivity contribution in [2.75, 3.05) is 37.7 Å². The van der Waals surface area contributed by atoms with Crippen LogP contribution < -0.4 is 15.4 Å². The SMILES string of the molecule is CCOc1ccc(CN2CCN(c3ccc(C(N)=O)cc3[N+](=O)[O-])CC2)cc1. The van der Waals surface area contributed by atoms with Crippen molar-refractivity contribution in [1.29, 1.82) is 0 Å². The molecule has 1 amide bonds. The lowest BCUT2D eigenvalue weighted by molar-refractivity contribution is -0.384. The predicted octanol–water partition coefficient (Wildman–Crippen LogP) is 2.41. The van der Waals surface area contributed by atoms with Crippen LogP contribution in [0.3, 0.4) is 0 Å². The van der Waals surface area contributed by atoms with Crippen molar-refractivity contribution in [2.45, 2.75) is 13.5 Å². The molecule has 148 valence electrons. The summed E-state index contributed by atoms with van der Waals surface area (Å²) in [6, 6.07) is 12.5. The lowest BCUT2D eigenvalue weighted by Gasteiger charge is -2.35. The first-order valence-corrected chi connectivity index (χ1v) is 9.25. The number of hydrogen-bond acceptors (Lipinski definition) is 6. The number of nitro benzene ring substituents is 1. The highest BCUT2D eigenvalue weighted by Crippen LogP contribution is 2.30. The molecule has 0 saturated carbocycles. The van der Waals surface area contributed by atoms with Crippen LogP contribution in [0.2, 0.25) is 0 Å². The number of piperazine rings is 1. The summed E-state index contributed by atoms with van der Waals surface area (Å²) in [6.07, 6.45) is 0. The highest BCUT2D eigenvalue weighted by atomic mass is 16.6. The Bertz CT molecular complexity index is 846. The van der Waals surface area contributed by atoms with Gasteiger partial charge in [-0.1, -0.05) is 12.1 Å². The summed E-state index contributed by atoms with van der Waals surface area (Å²) in [7, 11) is 0. The van der Waals surface area contributed by atoms with Crippen molar-refractivity contribution in [3.05, 3.63) is 63.7 Å². The molecule has 28 heavy (non-hydrogen) atoms. The van der Waals surface area contributed by atoms with E-state index >= 15 is 0 Å². The molecule has 0 aliphatic carbocycles. The third-order valence-electron chi connectivity index (χ3n) is 4.81. The van der Waals surface area contributed by atoms with E-state index in [1.165, 1.54) is 17.7 Å². The fourth-order valence-electron chi connectivity index (χ4n) is 3.35. The summed E-state index contributed by atoms with van der Waals surface area (Å²) >= 11 is 0. The molecule has 2 aromatic rings. The second-order valence-corrected chi connectivity index (χ2v) is 6.67. The van der Waals surface area contributed by atoms with E-state index in [0.29, 0.717) is 25.4 Å². The molecule has 1 fully saturated rings. The number of hydrogen-bond donors (Lipinski definition) is 1. The van der Waals surface area contributed by atoms with Gasteiger partial charge in [-0.05, 0) is 36.8 Å². The van der Waals surface area contributed by atoms with Crippen molar-refractivity contribution in [3.63, 3.8) is 0 Å². The molecule has 0 atom stereocenters. The minimum Gasteiger partial charge on any atom is -0.494 e. The molecular weight excluding hydrogens is 360 g/mol. The van der Waals surface area contributed by atoms with Crippen LogP contribution >= 0.6 is 0 Å². The maximum absolute atomic E-state index is 11.4. The zero-order valence-corrected chi connectivity index (χ0v) is 15.8. The van der Waals surface area contributed by atoms with Gasteiger partial charge in [-0.25, -0.2) is 0 Å². The first-order chi connectivity index (χ1) is 13.5. The number of benzene rings is 2. The van der Waals surface area contributed by atoms with E-state index in [1.807, 2.05) is 24.0 Å². The van der Waals surface area contributed by atoms with Crippen LogP contribution in [0.5, 0.6) is 5.75 Å². The Kier molecular flexibility index (Phi) is 6.10. The van der Waals surface area contributed by atoms with Gasteiger partial charge in [-0.2, -0.15) is 0 Å². The molecule has 8 nitrogen and oxygen atoms in total. The minimum atomic E-state index is -0.671. The van der Waals surface area contributed by atoms with E-state index in [-0.39, 0.29) is 11.3 Å². The summed E-state index contributed by atoms with van der Waals surface area (Å²) in [4.78, 5) is 26.6. The van der Waals surface area contributed by atoms with Gasteiger partial charge >= 0.3 is 0 Å². The fraction of sp³-hybridized carbons (Fsp3) is 0.350. The number of ether oxygens (including phenoxy) is 1. The number of amides is 1. The molecule has 0 unspecified atom stereocenters. The molecule has 0 radical (unpaired) electrons. The van der Waals surface area contributed by atoms with Gasteiger partial charge in [-0.3, -0.25) is 19.8 Å². The number of primary amides is 1. The second kappa shape index (κ2) is 8.71. The smallest absolute Gasteiger partial charge is 0.293 e. The average molecular weight is 384 g/mol. The minimum absolute atomic E-state index is 0.0868. The Hall–Kier alpha value is -3.13. The zero-order valence-electron chi connectivity index (χ0n) is 15.8. The molecule has 1 saturated heterocycles. The average Bonchev–Trinajstić information content (AvgIpc) is 2.70. The normalized spacial score (nSPS) is 14.7. The van der Waals surface area contributed by atoms with Gasteiger partial charge in [-0.15, -0.1) is 0 Å². The van der Waals surface area contributed by atoms with Crippen molar-refractivity contribution in [3.8, 4) is 5.75 Å². The van der Waals surface area contributed by atoms with Gasteiger partial charge in [0.25, 0.3) is 5.69 Å². The summed E-state index contributed by atoms with van der Waals surface area (Å²) in [5, 5.41) is 11.4. The van der Waals surface area contributed by atoms with Gasteiger partial charge in [0.2, 0.25) is 5.91 Å². The molecule has 0 bridgehead atoms. The number of rotatable bonds is 7. The van der Waals surface area contributed by atoms with E-state index < -0.39 is 10.8 Å². The van der Waals surface area contributed by atoms with Gasteiger partial charge in [0.1, 0.15) is 11.4 Å². The van der Waals surface area contributed by atoms with Gasteiger partial charge in [0.15, 0.2) is 0 Å². The van der Waals surface area contributed by atoms with Crippen molar-refractivity contribution >= 4 is 17.3 Å². The highest BCUT2D eigenvalue weighted by molar-refractivity contribution is 5.94. The molecule has 2 aromatic carbocycles. The lowest BCUT2D eigenvalue weighted by atomic mass is 10.1. The Morgan fingerprint density at radius 3 is 2.39 bits per heavy atom. The van der Waals surface area contributed by atoms with E-state index in [2.05, 4.69) is 17.0 Å². The maximum atomic E-state index is 11.4. The Labute approximate surface area is 163 Å². The van der Waals surface area contributed by atoms with E-state index in [0.717, 1.165) is 25.4 Å². The number of anilines is 1. The highest BCUT2D eigenvalue weighted by Gasteiger charge is 2.24. The Morgan fingerprint density at radius 1 is 1.14 bits per heavy atom. The molecule has 3 rings (SSSR count). The van der Waals surface area contributed by atoms with Gasteiger partial charge in [0, 0.05) is 44.4 Å². The quantitative estimate of drug-likeness (QED) is 0.581.